The first-order valence-corrected chi connectivity index (χ1v) is 4.83. The number of rotatable bonds is 1. The number of hydrogen-bond donors (Lipinski definition) is 1. The number of aromatic amines is 1. The Bertz CT molecular complexity index is 563. The van der Waals surface area contributed by atoms with Gasteiger partial charge in [0.1, 0.15) is 0 Å². The van der Waals surface area contributed by atoms with Crippen LogP contribution in [0.3, 0.4) is 0 Å². The van der Waals surface area contributed by atoms with Gasteiger partial charge in [0.05, 0.1) is 17.5 Å². The van der Waals surface area contributed by atoms with Crippen molar-refractivity contribution in [3.05, 3.63) is 27.5 Å². The average Bonchev–Trinajstić information content (AvgIpc) is 2.60. The van der Waals surface area contributed by atoms with Gasteiger partial charge >= 0.3 is 0 Å². The first-order valence-electron chi connectivity index (χ1n) is 4.45. The van der Waals surface area contributed by atoms with Crippen LogP contribution in [-0.2, 0) is 14.1 Å². The molecule has 0 aromatic carbocycles. The summed E-state index contributed by atoms with van der Waals surface area (Å²) in [7, 11) is 3.45. The van der Waals surface area contributed by atoms with Crippen LogP contribution in [0.5, 0.6) is 0 Å². The van der Waals surface area contributed by atoms with E-state index in [4.69, 9.17) is 11.6 Å². The molecule has 5 nitrogen and oxygen atoms in total. The number of imidazole rings is 1. The van der Waals surface area contributed by atoms with Gasteiger partial charge in [0.15, 0.2) is 0 Å². The monoisotopic (exact) mass is 226 g/mol. The highest BCUT2D eigenvalue weighted by molar-refractivity contribution is 6.28. The quantitative estimate of drug-likeness (QED) is 0.791. The Morgan fingerprint density at radius 2 is 2.13 bits per heavy atom. The van der Waals surface area contributed by atoms with Crippen molar-refractivity contribution in [2.24, 2.45) is 14.1 Å². The molecule has 1 N–H and O–H groups in total. The molecule has 0 atom stereocenters. The molecule has 0 saturated carbocycles. The van der Waals surface area contributed by atoms with E-state index in [1.54, 1.807) is 24.9 Å². The molecule has 80 valence electrons. The van der Waals surface area contributed by atoms with Gasteiger partial charge in [0.2, 0.25) is 5.28 Å². The predicted molar refractivity (Wildman–Crippen MR) is 58.0 cm³/mol. The summed E-state index contributed by atoms with van der Waals surface area (Å²) in [5, 5.41) is 3.30. The second-order valence-electron chi connectivity index (χ2n) is 3.45. The van der Waals surface area contributed by atoms with Crippen molar-refractivity contribution >= 4 is 11.6 Å². The van der Waals surface area contributed by atoms with Crippen LogP contribution in [0, 0.1) is 6.92 Å². The van der Waals surface area contributed by atoms with Crippen molar-refractivity contribution in [1.29, 1.82) is 0 Å². The van der Waals surface area contributed by atoms with E-state index in [-0.39, 0.29) is 5.56 Å². The van der Waals surface area contributed by atoms with Crippen LogP contribution < -0.4 is 5.56 Å². The van der Waals surface area contributed by atoms with Gasteiger partial charge < -0.3 is 4.57 Å². The van der Waals surface area contributed by atoms with Crippen molar-refractivity contribution in [2.45, 2.75) is 6.92 Å². The first kappa shape index (κ1) is 10.0. The molecule has 2 rings (SSSR count). The van der Waals surface area contributed by atoms with Crippen LogP contribution in [0.25, 0.3) is 11.3 Å². The van der Waals surface area contributed by atoms with Crippen LogP contribution in [0.15, 0.2) is 11.0 Å². The van der Waals surface area contributed by atoms with E-state index in [0.717, 1.165) is 11.4 Å². The number of nitrogens with one attached hydrogen (secondary N) is 1. The maximum atomic E-state index is 11.8. The summed E-state index contributed by atoms with van der Waals surface area (Å²) in [4.78, 5) is 15.7. The molecule has 0 aliphatic carbocycles. The maximum absolute atomic E-state index is 11.8. The molecule has 2 aromatic heterocycles. The first-order chi connectivity index (χ1) is 7.02. The summed E-state index contributed by atoms with van der Waals surface area (Å²) in [5.41, 5.74) is 2.06. The van der Waals surface area contributed by atoms with Gasteiger partial charge in [-0.3, -0.25) is 14.6 Å². The molecule has 6 heteroatoms. The highest BCUT2D eigenvalue weighted by atomic mass is 35.5. The summed E-state index contributed by atoms with van der Waals surface area (Å²) >= 11 is 5.82. The molecule has 2 aromatic rings. The normalized spacial score (nSPS) is 10.9. The lowest BCUT2D eigenvalue weighted by Gasteiger charge is -1.99. The third-order valence-corrected chi connectivity index (χ3v) is 2.77. The molecular formula is C9H11ClN4O. The average molecular weight is 227 g/mol. The fourth-order valence-electron chi connectivity index (χ4n) is 1.61. The highest BCUT2D eigenvalue weighted by Gasteiger charge is 2.15. The third-order valence-electron chi connectivity index (χ3n) is 2.42. The number of H-pyrrole nitrogens is 1. The van der Waals surface area contributed by atoms with Gasteiger partial charge in [0, 0.05) is 19.8 Å². The Morgan fingerprint density at radius 1 is 1.47 bits per heavy atom. The Morgan fingerprint density at radius 3 is 2.53 bits per heavy atom. The standard InChI is InChI=1S/C9H11ClN4O/c1-5-7(8(15)14(3)12-5)6-4-11-9(10)13(6)2/h4,12H,1-3H3. The van der Waals surface area contributed by atoms with Crippen LogP contribution >= 0.6 is 11.6 Å². The molecule has 15 heavy (non-hydrogen) atoms. The summed E-state index contributed by atoms with van der Waals surface area (Å²) in [6.45, 7) is 1.84. The van der Waals surface area contributed by atoms with Crippen LogP contribution in [-0.4, -0.2) is 19.3 Å². The summed E-state index contributed by atoms with van der Waals surface area (Å²) < 4.78 is 3.12. The topological polar surface area (TPSA) is 55.6 Å². The zero-order valence-electron chi connectivity index (χ0n) is 8.71. The van der Waals surface area contributed by atoms with Crippen LogP contribution in [0.2, 0.25) is 5.28 Å². The fourth-order valence-corrected chi connectivity index (χ4v) is 1.75. The molecule has 0 aliphatic rings. The number of aromatic nitrogens is 4. The predicted octanol–water partition coefficient (Wildman–Crippen LogP) is 1.08. The smallest absolute Gasteiger partial charge is 0.275 e. The van der Waals surface area contributed by atoms with E-state index in [9.17, 15) is 4.79 Å². The van der Waals surface area contributed by atoms with Crippen molar-refractivity contribution in [3.63, 3.8) is 0 Å². The fraction of sp³-hybridized carbons (Fsp3) is 0.333. The Labute approximate surface area is 91.3 Å². The Hall–Kier alpha value is -1.49. The minimum Gasteiger partial charge on any atom is -0.318 e. The molecule has 0 unspecified atom stereocenters. The molecule has 0 bridgehead atoms. The van der Waals surface area contributed by atoms with E-state index in [1.165, 1.54) is 4.68 Å². The zero-order valence-corrected chi connectivity index (χ0v) is 9.46. The summed E-state index contributed by atoms with van der Waals surface area (Å²) in [5.74, 6) is 0. The van der Waals surface area contributed by atoms with Crippen molar-refractivity contribution < 1.29 is 0 Å². The molecule has 0 radical (unpaired) electrons. The molecule has 0 aliphatic heterocycles. The molecule has 2 heterocycles. The maximum Gasteiger partial charge on any atom is 0.275 e. The second kappa shape index (κ2) is 3.27. The van der Waals surface area contributed by atoms with Crippen molar-refractivity contribution in [1.82, 2.24) is 19.3 Å². The van der Waals surface area contributed by atoms with Crippen LogP contribution in [0.1, 0.15) is 5.69 Å². The van der Waals surface area contributed by atoms with Gasteiger partial charge in [-0.2, -0.15) is 0 Å². The second-order valence-corrected chi connectivity index (χ2v) is 3.79. The zero-order chi connectivity index (χ0) is 11.2. The largest absolute Gasteiger partial charge is 0.318 e. The highest BCUT2D eigenvalue weighted by Crippen LogP contribution is 2.20. The molecule has 0 amide bonds. The van der Waals surface area contributed by atoms with E-state index in [0.29, 0.717) is 10.8 Å². The summed E-state index contributed by atoms with van der Waals surface area (Å²) in [6, 6.07) is 0. The molecule has 0 spiro atoms. The minimum absolute atomic E-state index is 0.0767. The number of halogens is 1. The molecular weight excluding hydrogens is 216 g/mol. The van der Waals surface area contributed by atoms with E-state index in [2.05, 4.69) is 10.1 Å². The van der Waals surface area contributed by atoms with E-state index >= 15 is 0 Å². The van der Waals surface area contributed by atoms with E-state index < -0.39 is 0 Å². The Balaban J connectivity index is 2.74. The van der Waals surface area contributed by atoms with Crippen molar-refractivity contribution in [2.75, 3.05) is 0 Å². The van der Waals surface area contributed by atoms with Gasteiger partial charge in [0.25, 0.3) is 5.56 Å². The summed E-state index contributed by atoms with van der Waals surface area (Å²) in [6.07, 6.45) is 1.60. The lowest BCUT2D eigenvalue weighted by molar-refractivity contribution is 0.731. The van der Waals surface area contributed by atoms with Gasteiger partial charge in [-0.15, -0.1) is 0 Å². The minimum atomic E-state index is -0.0767. The van der Waals surface area contributed by atoms with Crippen molar-refractivity contribution in [3.8, 4) is 11.3 Å². The van der Waals surface area contributed by atoms with Gasteiger partial charge in [-0.05, 0) is 18.5 Å². The van der Waals surface area contributed by atoms with E-state index in [1.807, 2.05) is 6.92 Å². The number of hydrogen-bond acceptors (Lipinski definition) is 2. The number of nitrogens with zero attached hydrogens (tertiary/aromatic N) is 3. The third kappa shape index (κ3) is 1.39. The van der Waals surface area contributed by atoms with Crippen LogP contribution in [0.4, 0.5) is 0 Å². The lowest BCUT2D eigenvalue weighted by atomic mass is 10.2. The SMILES string of the molecule is Cc1[nH]n(C)c(=O)c1-c1cnc(Cl)n1C. The molecule has 0 saturated heterocycles. The lowest BCUT2D eigenvalue weighted by Crippen LogP contribution is -2.14. The number of aryl methyl sites for hydroxylation is 2. The van der Waals surface area contributed by atoms with Gasteiger partial charge in [-0.25, -0.2) is 4.98 Å². The van der Waals surface area contributed by atoms with Gasteiger partial charge in [-0.1, -0.05) is 0 Å². The Kier molecular flexibility index (Phi) is 2.19. The molecule has 0 fully saturated rings.